The summed E-state index contributed by atoms with van der Waals surface area (Å²) in [7, 11) is 0. The number of benzene rings is 4. The van der Waals surface area contributed by atoms with Crippen LogP contribution in [-0.2, 0) is 25.6 Å². The first-order valence-electron chi connectivity index (χ1n) is 16.3. The van der Waals surface area contributed by atoms with E-state index in [0.717, 1.165) is 16.7 Å². The van der Waals surface area contributed by atoms with E-state index in [9.17, 15) is 9.59 Å². The summed E-state index contributed by atoms with van der Waals surface area (Å²) in [4.78, 5) is 32.4. The SMILES string of the molecule is CC(C)(C)OC(=O)CC[C@]1(C(=O)NNCc2ccccc2Cl)N=C(c2ccc(OCCCO)cc2)O[C@H]1c1ccc(-c2ccccc2)cc1. The highest BCUT2D eigenvalue weighted by Crippen LogP contribution is 2.44. The number of hydrogen-bond donors (Lipinski definition) is 3. The molecule has 2 atom stereocenters. The number of rotatable bonds is 14. The molecular weight excluding hydrogens is 642 g/mol. The zero-order valence-corrected chi connectivity index (χ0v) is 28.7. The van der Waals surface area contributed by atoms with Crippen molar-refractivity contribution in [3.63, 3.8) is 0 Å². The molecule has 10 heteroatoms. The number of aliphatic imine (C=N–C) groups is 1. The molecular formula is C39H42ClN3O6. The van der Waals surface area contributed by atoms with Gasteiger partial charge in [-0.1, -0.05) is 84.4 Å². The number of nitrogens with one attached hydrogen (secondary N) is 2. The summed E-state index contributed by atoms with van der Waals surface area (Å²) >= 11 is 6.36. The second kappa shape index (κ2) is 16.1. The highest BCUT2D eigenvalue weighted by molar-refractivity contribution is 6.31. The van der Waals surface area contributed by atoms with Crippen molar-refractivity contribution in [1.82, 2.24) is 10.9 Å². The number of amides is 1. The number of hydrazine groups is 1. The molecule has 1 heterocycles. The number of carbonyl (C=O) groups is 2. The molecule has 1 amide bonds. The van der Waals surface area contributed by atoms with Gasteiger partial charge in [-0.2, -0.15) is 0 Å². The van der Waals surface area contributed by atoms with Crippen LogP contribution in [0.2, 0.25) is 5.02 Å². The summed E-state index contributed by atoms with van der Waals surface area (Å²) < 4.78 is 17.9. The molecule has 1 aliphatic rings. The fraction of sp³-hybridized carbons (Fsp3) is 0.308. The van der Waals surface area contributed by atoms with E-state index in [0.29, 0.717) is 34.9 Å². The maximum atomic E-state index is 14.4. The number of halogens is 1. The Bertz CT molecular complexity index is 1740. The van der Waals surface area contributed by atoms with Gasteiger partial charge in [-0.25, -0.2) is 10.4 Å². The summed E-state index contributed by atoms with van der Waals surface area (Å²) in [6, 6.07) is 32.3. The summed E-state index contributed by atoms with van der Waals surface area (Å²) in [5.41, 5.74) is 7.79. The minimum absolute atomic E-state index is 0.0124. The van der Waals surface area contributed by atoms with Gasteiger partial charge in [0.2, 0.25) is 5.90 Å². The van der Waals surface area contributed by atoms with Crippen LogP contribution in [0.3, 0.4) is 0 Å². The quantitative estimate of drug-likeness (QED) is 0.0747. The van der Waals surface area contributed by atoms with Crippen molar-refractivity contribution in [3.8, 4) is 16.9 Å². The molecule has 4 aromatic rings. The number of aliphatic hydroxyl groups excluding tert-OH is 1. The Hall–Kier alpha value is -4.70. The molecule has 0 saturated carbocycles. The van der Waals surface area contributed by atoms with Crippen LogP contribution >= 0.6 is 11.6 Å². The second-order valence-corrected chi connectivity index (χ2v) is 13.2. The predicted molar refractivity (Wildman–Crippen MR) is 190 cm³/mol. The molecule has 9 nitrogen and oxygen atoms in total. The van der Waals surface area contributed by atoms with Crippen molar-refractivity contribution >= 4 is 29.4 Å². The van der Waals surface area contributed by atoms with E-state index in [1.807, 2.05) is 72.8 Å². The van der Waals surface area contributed by atoms with Crippen LogP contribution in [0.4, 0.5) is 0 Å². The summed E-state index contributed by atoms with van der Waals surface area (Å²) in [6.45, 7) is 6.08. The zero-order valence-electron chi connectivity index (χ0n) is 27.9. The number of ether oxygens (including phenoxy) is 3. The number of carbonyl (C=O) groups excluding carboxylic acids is 2. The lowest BCUT2D eigenvalue weighted by Crippen LogP contribution is -2.52. The lowest BCUT2D eigenvalue weighted by Gasteiger charge is -2.31. The van der Waals surface area contributed by atoms with Crippen LogP contribution in [0, 0.1) is 0 Å². The first kappa shape index (κ1) is 35.6. The van der Waals surface area contributed by atoms with Crippen molar-refractivity contribution in [2.75, 3.05) is 13.2 Å². The molecule has 0 spiro atoms. The molecule has 3 N–H and O–H groups in total. The van der Waals surface area contributed by atoms with Crippen molar-refractivity contribution in [2.45, 2.75) is 63.8 Å². The summed E-state index contributed by atoms with van der Waals surface area (Å²) in [6.07, 6.45) is -0.427. The lowest BCUT2D eigenvalue weighted by atomic mass is 9.83. The maximum absolute atomic E-state index is 14.4. The van der Waals surface area contributed by atoms with E-state index in [2.05, 4.69) is 10.9 Å². The van der Waals surface area contributed by atoms with Crippen LogP contribution in [0.1, 0.15) is 62.8 Å². The Morgan fingerprint density at radius 3 is 2.22 bits per heavy atom. The lowest BCUT2D eigenvalue weighted by molar-refractivity contribution is -0.155. The number of aliphatic hydroxyl groups is 1. The van der Waals surface area contributed by atoms with Gasteiger partial charge in [-0.3, -0.25) is 15.0 Å². The first-order chi connectivity index (χ1) is 23.6. The smallest absolute Gasteiger partial charge is 0.306 e. The summed E-state index contributed by atoms with van der Waals surface area (Å²) in [5.74, 6) is -0.0415. The predicted octanol–water partition coefficient (Wildman–Crippen LogP) is 6.97. The third-order valence-corrected chi connectivity index (χ3v) is 8.29. The molecule has 0 aromatic heterocycles. The van der Waals surface area contributed by atoms with Crippen molar-refractivity contribution < 1.29 is 28.9 Å². The van der Waals surface area contributed by atoms with Gasteiger partial charge in [0.05, 0.1) is 6.61 Å². The van der Waals surface area contributed by atoms with Crippen LogP contribution < -0.4 is 15.6 Å². The molecule has 0 saturated heterocycles. The van der Waals surface area contributed by atoms with E-state index in [4.69, 9.17) is 35.9 Å². The van der Waals surface area contributed by atoms with E-state index >= 15 is 0 Å². The Balaban J connectivity index is 1.50. The minimum atomic E-state index is -1.55. The van der Waals surface area contributed by atoms with Gasteiger partial charge in [0, 0.05) is 36.6 Å². The number of nitrogens with zero attached hydrogens (tertiary/aromatic N) is 1. The van der Waals surface area contributed by atoms with Crippen molar-refractivity contribution in [2.24, 2.45) is 4.99 Å². The van der Waals surface area contributed by atoms with Crippen LogP contribution in [-0.4, -0.2) is 47.2 Å². The topological polar surface area (TPSA) is 118 Å². The van der Waals surface area contributed by atoms with Gasteiger partial charge in [0.15, 0.2) is 11.6 Å². The summed E-state index contributed by atoms with van der Waals surface area (Å²) in [5, 5.41) is 9.65. The molecule has 0 unspecified atom stereocenters. The third kappa shape index (κ3) is 9.26. The Morgan fingerprint density at radius 2 is 1.55 bits per heavy atom. The molecule has 5 rings (SSSR count). The molecule has 0 fully saturated rings. The van der Waals surface area contributed by atoms with Crippen molar-refractivity contribution in [1.29, 1.82) is 0 Å². The average Bonchev–Trinajstić information content (AvgIpc) is 3.49. The highest BCUT2D eigenvalue weighted by Gasteiger charge is 2.53. The fourth-order valence-electron chi connectivity index (χ4n) is 5.51. The van der Waals surface area contributed by atoms with E-state index < -0.39 is 29.1 Å². The van der Waals surface area contributed by atoms with Gasteiger partial charge in [-0.05, 0) is 79.8 Å². The first-order valence-corrected chi connectivity index (χ1v) is 16.7. The normalized spacial score (nSPS) is 17.2. The molecule has 0 radical (unpaired) electrons. The Morgan fingerprint density at radius 1 is 0.898 bits per heavy atom. The van der Waals surface area contributed by atoms with Crippen LogP contribution in [0.5, 0.6) is 5.75 Å². The van der Waals surface area contributed by atoms with E-state index in [-0.39, 0.29) is 31.9 Å². The van der Waals surface area contributed by atoms with E-state index in [1.165, 1.54) is 0 Å². The molecule has 49 heavy (non-hydrogen) atoms. The second-order valence-electron chi connectivity index (χ2n) is 12.8. The standard InChI is InChI=1S/C39H42ClN3O6/c1-38(2,3)49-34(45)22-23-39(37(46)43-41-26-31-12-7-8-13-33(31)40)35(29-16-14-28(15-17-29)27-10-5-4-6-11-27)48-36(42-39)30-18-20-32(21-19-30)47-25-9-24-44/h4-8,10-21,35,41,44H,9,22-26H2,1-3H3,(H,43,46)/t35-,39-/m0/s1. The average molecular weight is 684 g/mol. The zero-order chi connectivity index (χ0) is 34.9. The highest BCUT2D eigenvalue weighted by atomic mass is 35.5. The van der Waals surface area contributed by atoms with Gasteiger partial charge < -0.3 is 19.3 Å². The molecule has 1 aliphatic heterocycles. The number of esters is 1. The van der Waals surface area contributed by atoms with E-state index in [1.54, 1.807) is 51.1 Å². The Kier molecular flexibility index (Phi) is 11.7. The van der Waals surface area contributed by atoms with Crippen LogP contribution in [0.25, 0.3) is 11.1 Å². The monoisotopic (exact) mass is 683 g/mol. The molecule has 4 aromatic carbocycles. The maximum Gasteiger partial charge on any atom is 0.306 e. The molecule has 0 bridgehead atoms. The third-order valence-electron chi connectivity index (χ3n) is 7.92. The van der Waals surface area contributed by atoms with Gasteiger partial charge in [0.1, 0.15) is 11.4 Å². The van der Waals surface area contributed by atoms with Gasteiger partial charge >= 0.3 is 5.97 Å². The Labute approximate surface area is 292 Å². The fourth-order valence-corrected chi connectivity index (χ4v) is 5.71. The minimum Gasteiger partial charge on any atom is -0.494 e. The molecule has 0 aliphatic carbocycles. The molecule has 256 valence electrons. The van der Waals surface area contributed by atoms with Crippen LogP contribution in [0.15, 0.2) is 108 Å². The van der Waals surface area contributed by atoms with Gasteiger partial charge in [-0.15, -0.1) is 0 Å². The van der Waals surface area contributed by atoms with Gasteiger partial charge in [0.25, 0.3) is 5.91 Å². The largest absolute Gasteiger partial charge is 0.494 e. The van der Waals surface area contributed by atoms with Crippen molar-refractivity contribution in [3.05, 3.63) is 125 Å². The number of hydrogen-bond acceptors (Lipinski definition) is 8.